The molecule has 95 heavy (non-hydrogen) atoms. The number of aromatic nitrogens is 1. The number of nitrogens with one attached hydrogen (secondary N) is 6. The van der Waals surface area contributed by atoms with Crippen molar-refractivity contribution in [1.29, 1.82) is 0 Å². The minimum atomic E-state index is -1.79. The highest BCUT2D eigenvalue weighted by Gasteiger charge is 2.39. The van der Waals surface area contributed by atoms with E-state index in [1.165, 1.54) is 18.7 Å². The van der Waals surface area contributed by atoms with Crippen molar-refractivity contribution in [2.24, 2.45) is 11.1 Å². The molecule has 1 heterocycles. The molecule has 514 valence electrons. The van der Waals surface area contributed by atoms with Gasteiger partial charge in [-0.3, -0.25) is 48.1 Å². The van der Waals surface area contributed by atoms with Crippen LogP contribution < -0.4 is 37.6 Å². The first-order valence-electron chi connectivity index (χ1n) is 32.0. The number of rotatable bonds is 38. The number of hydrogen-bond donors (Lipinski definition) is 8. The number of ether oxygens (including phenoxy) is 2. The van der Waals surface area contributed by atoms with Crippen LogP contribution in [0.5, 0.6) is 0 Å². The van der Waals surface area contributed by atoms with Gasteiger partial charge < -0.3 is 61.7 Å². The van der Waals surface area contributed by atoms with Crippen LogP contribution in [0.25, 0.3) is 11.1 Å². The molecule has 0 saturated heterocycles. The van der Waals surface area contributed by atoms with Gasteiger partial charge in [-0.1, -0.05) is 138 Å². The van der Waals surface area contributed by atoms with Crippen LogP contribution in [-0.2, 0) is 77.2 Å². The molecule has 25 heteroatoms. The van der Waals surface area contributed by atoms with Crippen molar-refractivity contribution in [3.05, 3.63) is 155 Å². The Balaban J connectivity index is 1.42. The minimum Gasteiger partial charge on any atom is -0.461 e. The molecule has 0 fully saturated rings. The van der Waals surface area contributed by atoms with Crippen molar-refractivity contribution in [3.63, 3.8) is 0 Å². The van der Waals surface area contributed by atoms with E-state index in [4.69, 9.17) is 15.2 Å². The van der Waals surface area contributed by atoms with Crippen molar-refractivity contribution in [2.75, 3.05) is 33.3 Å². The summed E-state index contributed by atoms with van der Waals surface area (Å²) < 4.78 is 43.1. The van der Waals surface area contributed by atoms with E-state index in [-0.39, 0.29) is 43.7 Å². The van der Waals surface area contributed by atoms with Gasteiger partial charge in [0.1, 0.15) is 61.7 Å². The van der Waals surface area contributed by atoms with Gasteiger partial charge in [-0.05, 0) is 100.0 Å². The number of nitrogens with zero attached hydrogens (tertiary/aromatic N) is 3. The Bertz CT molecular complexity index is 3370. The Morgan fingerprint density at radius 3 is 1.80 bits per heavy atom. The summed E-state index contributed by atoms with van der Waals surface area (Å²) in [6.45, 7) is 10.7. The number of hydrogen-bond acceptors (Lipinski definition) is 14. The Morgan fingerprint density at radius 2 is 1.21 bits per heavy atom. The second-order valence-electron chi connectivity index (χ2n) is 24.6. The summed E-state index contributed by atoms with van der Waals surface area (Å²) in [7, 11) is 1.80. The van der Waals surface area contributed by atoms with Crippen LogP contribution in [0.15, 0.2) is 121 Å². The number of carbonyl (C=O) groups is 10. The number of halogens is 2. The molecule has 1 aromatic heterocycles. The fraction of sp³-hybridized carbons (Fsp3) is 0.457. The molecule has 0 saturated carbocycles. The Morgan fingerprint density at radius 1 is 0.632 bits per heavy atom. The van der Waals surface area contributed by atoms with Crippen molar-refractivity contribution in [2.45, 2.75) is 168 Å². The van der Waals surface area contributed by atoms with E-state index in [2.05, 4.69) is 38.8 Å². The first-order valence-corrected chi connectivity index (χ1v) is 32.0. The third-order valence-electron chi connectivity index (χ3n) is 15.8. The van der Waals surface area contributed by atoms with E-state index in [1.807, 2.05) is 35.2 Å². The van der Waals surface area contributed by atoms with Gasteiger partial charge in [0.2, 0.25) is 47.3 Å². The second-order valence-corrected chi connectivity index (χ2v) is 24.6. The summed E-state index contributed by atoms with van der Waals surface area (Å²) >= 11 is 0. The maximum atomic E-state index is 15.6. The summed E-state index contributed by atoms with van der Waals surface area (Å²) in [6.07, 6.45) is 3.31. The summed E-state index contributed by atoms with van der Waals surface area (Å²) in [5, 5.41) is 25.9. The Kier molecular flexibility index (Phi) is 30.6. The van der Waals surface area contributed by atoms with Crippen LogP contribution in [0, 0.1) is 17.0 Å². The molecule has 0 aliphatic carbocycles. The molecule has 0 aliphatic heterocycles. The van der Waals surface area contributed by atoms with Crippen LogP contribution in [0.2, 0.25) is 0 Å². The number of likely N-dealkylation sites (N-methyl/N-ethyl adjacent to an activating group) is 1. The fourth-order valence-electron chi connectivity index (χ4n) is 10.4. The van der Waals surface area contributed by atoms with Gasteiger partial charge >= 0.3 is 11.9 Å². The monoisotopic (exact) mass is 1320 g/mol. The third kappa shape index (κ3) is 25.1. The summed E-state index contributed by atoms with van der Waals surface area (Å²) in [4.78, 5) is 140. The van der Waals surface area contributed by atoms with Gasteiger partial charge in [0.15, 0.2) is 0 Å². The molecule has 0 bridgehead atoms. The predicted octanol–water partition coefficient (Wildman–Crippen LogP) is 5.79. The van der Waals surface area contributed by atoms with Crippen LogP contribution in [0.1, 0.15) is 135 Å². The van der Waals surface area contributed by atoms with Crippen LogP contribution in [0.3, 0.4) is 0 Å². The highest BCUT2D eigenvalue weighted by atomic mass is 19.1. The molecule has 9 N–H and O–H groups in total. The van der Waals surface area contributed by atoms with Gasteiger partial charge in [0, 0.05) is 55.5 Å². The molecule has 5 aromatic rings. The van der Waals surface area contributed by atoms with Crippen molar-refractivity contribution in [1.82, 2.24) is 46.3 Å². The molecule has 7 atom stereocenters. The second kappa shape index (κ2) is 38.1. The lowest BCUT2D eigenvalue weighted by atomic mass is 9.82. The average molecular weight is 1320 g/mol. The number of aliphatic hydroxyl groups excluding tert-OH is 1. The van der Waals surface area contributed by atoms with E-state index >= 15 is 4.39 Å². The molecular weight excluding hydrogens is 1230 g/mol. The maximum Gasteiger partial charge on any atom is 0.328 e. The zero-order chi connectivity index (χ0) is 69.8. The topological polar surface area (TPSA) is 319 Å². The van der Waals surface area contributed by atoms with E-state index in [0.717, 1.165) is 55.0 Å². The van der Waals surface area contributed by atoms with Gasteiger partial charge in [-0.25, -0.2) is 13.6 Å². The SMILES string of the molecule is CCCCCCN(C)[C@@H](C)C(=O)N[C@@H](C)C(=O)N[C@@H](C)C(=O)N[C@@H](CC(N)=O)C(=O)N[C@@H](CCN(C(=O)CO)[C@@H](c1cc(-c2cc(F)ccc2F)cn1Cc1ccccc1)C(C)(C)C)C(=O)NCCC(=O)N[C@@H](CCC(=O)OCc1ccccc1)C(=O)OCc1ccccc1. The van der Waals surface area contributed by atoms with Crippen LogP contribution in [-0.4, -0.2) is 148 Å². The number of benzene rings is 4. The average Bonchev–Trinajstić information content (AvgIpc) is 1.67. The lowest BCUT2D eigenvalue weighted by molar-refractivity contribution is -0.150. The van der Waals surface area contributed by atoms with Crippen molar-refractivity contribution < 1.29 is 71.3 Å². The minimum absolute atomic E-state index is 0.0352. The van der Waals surface area contributed by atoms with E-state index < -0.39 is 157 Å². The number of esters is 2. The van der Waals surface area contributed by atoms with Gasteiger partial charge in [0.25, 0.3) is 0 Å². The summed E-state index contributed by atoms with van der Waals surface area (Å²) in [6, 6.07) is 22.5. The number of nitrogens with two attached hydrogens (primary N) is 1. The molecule has 4 aromatic carbocycles. The first-order chi connectivity index (χ1) is 45.2. The zero-order valence-corrected chi connectivity index (χ0v) is 55.4. The van der Waals surface area contributed by atoms with E-state index in [9.17, 15) is 57.4 Å². The lowest BCUT2D eigenvalue weighted by Crippen LogP contribution is -2.58. The number of unbranched alkanes of at least 4 members (excludes halogenated alkanes) is 3. The standard InChI is InChI=1S/C70H92F2N10O13/c1-9-10-11-21-35-80(8)47(4)66(90)76-45(2)64(88)75-46(3)65(89)79-57(39-59(73)84)68(92)78-55(67(91)74-34-32-60(85)77-56(69(93)95-44-50-26-19-14-20-27-50)30-31-62(87)94-43-49-24-17-13-18-25-49)33-36-82(61(86)42-83)63(70(5,6)7)58-37-51(53-38-52(71)28-29-54(53)72)41-81(58)40-48-22-15-12-16-23-48/h12-20,22-29,37-38,41,45-47,55-57,63,83H,9-11,21,30-36,39-40,42-44H2,1-8H3,(H2,73,84)(H,74,91)(H,75,88)(H,76,90)(H,77,85)(H,78,92)(H,79,89)/t45-,46-,47-,55-,56-,57-,63-/m0/s1. The normalized spacial score (nSPS) is 13.5. The molecule has 0 radical (unpaired) electrons. The fourth-order valence-corrected chi connectivity index (χ4v) is 10.4. The van der Waals surface area contributed by atoms with Gasteiger partial charge in [-0.15, -0.1) is 0 Å². The van der Waals surface area contributed by atoms with Crippen molar-refractivity contribution in [3.8, 4) is 11.1 Å². The largest absolute Gasteiger partial charge is 0.461 e. The number of carbonyl (C=O) groups excluding carboxylic acids is 10. The molecule has 0 spiro atoms. The number of primary amides is 1. The number of aliphatic hydroxyl groups is 1. The molecule has 8 amide bonds. The number of amides is 8. The van der Waals surface area contributed by atoms with E-state index in [1.54, 1.807) is 112 Å². The van der Waals surface area contributed by atoms with Crippen LogP contribution >= 0.6 is 0 Å². The molecule has 23 nitrogen and oxygen atoms in total. The predicted molar refractivity (Wildman–Crippen MR) is 351 cm³/mol. The zero-order valence-electron chi connectivity index (χ0n) is 55.4. The molecule has 0 unspecified atom stereocenters. The maximum absolute atomic E-state index is 15.6. The van der Waals surface area contributed by atoms with Gasteiger partial charge in [-0.2, -0.15) is 0 Å². The Hall–Kier alpha value is -9.36. The molecular formula is C70H92F2N10O13. The quantitative estimate of drug-likeness (QED) is 0.0171. The summed E-state index contributed by atoms with van der Waals surface area (Å²) in [5.74, 6) is -9.88. The van der Waals surface area contributed by atoms with E-state index in [0.29, 0.717) is 17.8 Å². The Labute approximate surface area is 554 Å². The first kappa shape index (κ1) is 76.4. The summed E-state index contributed by atoms with van der Waals surface area (Å²) in [5.41, 5.74) is 7.43. The lowest BCUT2D eigenvalue weighted by Gasteiger charge is -2.41. The van der Waals surface area contributed by atoms with Crippen molar-refractivity contribution >= 4 is 59.2 Å². The molecule has 5 rings (SSSR count). The van der Waals surface area contributed by atoms with Crippen LogP contribution in [0.4, 0.5) is 8.78 Å². The smallest absolute Gasteiger partial charge is 0.328 e. The highest BCUT2D eigenvalue weighted by molar-refractivity contribution is 5.97. The van der Waals surface area contributed by atoms with Gasteiger partial charge in [0.05, 0.1) is 18.5 Å². The molecule has 0 aliphatic rings. The third-order valence-corrected chi connectivity index (χ3v) is 15.8. The highest BCUT2D eigenvalue weighted by Crippen LogP contribution is 2.41.